The minimum Gasteiger partial charge on any atom is -0.462 e. The van der Waals surface area contributed by atoms with Crippen LogP contribution in [0.3, 0.4) is 0 Å². The van der Waals surface area contributed by atoms with Crippen molar-refractivity contribution in [1.82, 2.24) is 0 Å². The van der Waals surface area contributed by atoms with Gasteiger partial charge in [0.2, 0.25) is 0 Å². The highest BCUT2D eigenvalue weighted by molar-refractivity contribution is 5.71. The largest absolute Gasteiger partial charge is 0.462 e. The van der Waals surface area contributed by atoms with Crippen molar-refractivity contribution in [3.8, 4) is 0 Å². The Morgan fingerprint density at radius 3 is 0.867 bits per heavy atom. The fraction of sp³-hybridized carbons (Fsp3) is 0.551. The van der Waals surface area contributed by atoms with Gasteiger partial charge in [-0.1, -0.05) is 255 Å². The smallest absolute Gasteiger partial charge is 0.306 e. The molecule has 0 aliphatic rings. The van der Waals surface area contributed by atoms with Crippen molar-refractivity contribution in [3.63, 3.8) is 0 Å². The monoisotopic (exact) mass is 1030 g/mol. The Bertz CT molecular complexity index is 1750. The fourth-order valence-corrected chi connectivity index (χ4v) is 7.36. The van der Waals surface area contributed by atoms with E-state index >= 15 is 0 Å². The molecular weight excluding hydrogens is 925 g/mol. The van der Waals surface area contributed by atoms with Gasteiger partial charge in [-0.05, 0) is 122 Å². The molecule has 1 unspecified atom stereocenters. The molecule has 6 heteroatoms. The van der Waals surface area contributed by atoms with E-state index in [4.69, 9.17) is 14.2 Å². The van der Waals surface area contributed by atoms with E-state index in [1.165, 1.54) is 51.4 Å². The Morgan fingerprint density at radius 2 is 0.547 bits per heavy atom. The molecule has 0 aliphatic carbocycles. The van der Waals surface area contributed by atoms with Gasteiger partial charge >= 0.3 is 17.9 Å². The van der Waals surface area contributed by atoms with Crippen LogP contribution in [0.2, 0.25) is 0 Å². The van der Waals surface area contributed by atoms with E-state index < -0.39 is 12.1 Å². The molecule has 0 rings (SSSR count). The van der Waals surface area contributed by atoms with Gasteiger partial charge in [-0.3, -0.25) is 14.4 Å². The summed E-state index contributed by atoms with van der Waals surface area (Å²) in [4.78, 5) is 38.0. The minimum atomic E-state index is -0.840. The molecule has 0 spiro atoms. The van der Waals surface area contributed by atoms with Crippen LogP contribution in [-0.2, 0) is 28.6 Å². The molecule has 0 radical (unpaired) electrons. The summed E-state index contributed by atoms with van der Waals surface area (Å²) in [5.41, 5.74) is 0. The zero-order valence-electron chi connectivity index (χ0n) is 47.7. The third-order valence-corrected chi connectivity index (χ3v) is 11.7. The van der Waals surface area contributed by atoms with E-state index in [9.17, 15) is 14.4 Å². The van der Waals surface area contributed by atoms with Crippen LogP contribution in [0.5, 0.6) is 0 Å². The zero-order chi connectivity index (χ0) is 54.3. The molecule has 0 aromatic heterocycles. The molecule has 418 valence electrons. The number of hydrogen-bond acceptors (Lipinski definition) is 6. The molecule has 0 saturated heterocycles. The Morgan fingerprint density at radius 1 is 0.280 bits per heavy atom. The molecule has 0 N–H and O–H groups in total. The first-order chi connectivity index (χ1) is 37.0. The highest BCUT2D eigenvalue weighted by Crippen LogP contribution is 2.13. The number of carbonyl (C=O) groups excluding carboxylic acids is 3. The van der Waals surface area contributed by atoms with Crippen LogP contribution in [0.15, 0.2) is 170 Å². The van der Waals surface area contributed by atoms with Gasteiger partial charge in [0, 0.05) is 19.3 Å². The highest BCUT2D eigenvalue weighted by Gasteiger charge is 2.19. The second-order valence-electron chi connectivity index (χ2n) is 18.8. The van der Waals surface area contributed by atoms with Crippen LogP contribution in [0.4, 0.5) is 0 Å². The number of unbranched alkanes of at least 4 members (excludes halogenated alkanes) is 12. The fourth-order valence-electron chi connectivity index (χ4n) is 7.36. The van der Waals surface area contributed by atoms with Crippen LogP contribution < -0.4 is 0 Å². The molecule has 75 heavy (non-hydrogen) atoms. The van der Waals surface area contributed by atoms with Crippen LogP contribution in [0, 0.1) is 0 Å². The van der Waals surface area contributed by atoms with Crippen molar-refractivity contribution in [2.75, 3.05) is 13.2 Å². The van der Waals surface area contributed by atoms with E-state index in [0.717, 1.165) is 122 Å². The van der Waals surface area contributed by atoms with Gasteiger partial charge < -0.3 is 14.2 Å². The van der Waals surface area contributed by atoms with Gasteiger partial charge in [0.25, 0.3) is 0 Å². The number of esters is 3. The third-order valence-electron chi connectivity index (χ3n) is 11.7. The van der Waals surface area contributed by atoms with Crippen LogP contribution >= 0.6 is 0 Å². The van der Waals surface area contributed by atoms with E-state index in [2.05, 4.69) is 179 Å². The summed E-state index contributed by atoms with van der Waals surface area (Å²) >= 11 is 0. The first kappa shape index (κ1) is 69.8. The lowest BCUT2D eigenvalue weighted by molar-refractivity contribution is -0.166. The predicted molar refractivity (Wildman–Crippen MR) is 325 cm³/mol. The summed E-state index contributed by atoms with van der Waals surface area (Å²) in [7, 11) is 0. The van der Waals surface area contributed by atoms with Gasteiger partial charge in [0.1, 0.15) is 13.2 Å². The Labute approximate surface area is 460 Å². The second-order valence-corrected chi connectivity index (χ2v) is 18.8. The molecule has 6 nitrogen and oxygen atoms in total. The Hall–Kier alpha value is -5.23. The van der Waals surface area contributed by atoms with E-state index in [0.29, 0.717) is 19.3 Å². The first-order valence-corrected chi connectivity index (χ1v) is 29.6. The molecule has 0 heterocycles. The van der Waals surface area contributed by atoms with Gasteiger partial charge in [-0.2, -0.15) is 0 Å². The maximum Gasteiger partial charge on any atom is 0.306 e. The quantitative estimate of drug-likeness (QED) is 0.0261. The maximum absolute atomic E-state index is 12.8. The number of ether oxygens (including phenoxy) is 3. The van der Waals surface area contributed by atoms with Gasteiger partial charge in [-0.15, -0.1) is 0 Å². The first-order valence-electron chi connectivity index (χ1n) is 29.6. The standard InChI is InChI=1S/C69H106O6/c1-4-7-10-13-16-19-22-24-25-26-27-28-29-30-31-32-33-34-35-36-37-38-39-40-41-42-43-45-47-50-53-56-59-62-68(71)74-65-66(64-73-67(70)61-58-55-52-49-46-21-18-15-12-9-6-3)75-69(72)63-60-57-54-51-48-44-23-20-17-14-11-8-5-2/h7-8,10-11,16-17,19-20,24-25,27-28,30-31,33-34,36-37,39-40,42-44,47-48,50,54,57,66H,4-6,9,12-15,18,21-23,26,29,32,35,38,41,45-46,49,51-53,55-56,58-65H2,1-3H3/b10-7-,11-8-,19-16-,20-17-,25-24-,28-27-,31-30-,34-33-,37-36-,40-39-,43-42-,48-44-,50-47-,57-54-. The van der Waals surface area contributed by atoms with Crippen molar-refractivity contribution in [3.05, 3.63) is 170 Å². The molecular formula is C69H106O6. The van der Waals surface area contributed by atoms with Gasteiger partial charge in [-0.25, -0.2) is 0 Å². The Kier molecular flexibility index (Phi) is 57.0. The topological polar surface area (TPSA) is 78.9 Å². The summed E-state index contributed by atoms with van der Waals surface area (Å²) in [6, 6.07) is 0. The molecule has 0 amide bonds. The highest BCUT2D eigenvalue weighted by atomic mass is 16.6. The van der Waals surface area contributed by atoms with Crippen molar-refractivity contribution in [2.45, 2.75) is 232 Å². The average Bonchev–Trinajstić information content (AvgIpc) is 3.41. The van der Waals surface area contributed by atoms with Gasteiger partial charge in [0.05, 0.1) is 0 Å². The lowest BCUT2D eigenvalue weighted by Crippen LogP contribution is -2.30. The van der Waals surface area contributed by atoms with Crippen molar-refractivity contribution in [2.24, 2.45) is 0 Å². The zero-order valence-corrected chi connectivity index (χ0v) is 47.7. The summed E-state index contributed by atoms with van der Waals surface area (Å²) in [5.74, 6) is -1.07. The number of hydrogen-bond donors (Lipinski definition) is 0. The summed E-state index contributed by atoms with van der Waals surface area (Å²) in [5, 5.41) is 0. The van der Waals surface area contributed by atoms with Crippen molar-refractivity contribution in [1.29, 1.82) is 0 Å². The molecule has 0 aliphatic heterocycles. The summed E-state index contributed by atoms with van der Waals surface area (Å²) in [6.07, 6.45) is 90.9. The molecule has 0 aromatic carbocycles. The number of allylic oxidation sites excluding steroid dienone is 28. The summed E-state index contributed by atoms with van der Waals surface area (Å²) < 4.78 is 16.7. The van der Waals surface area contributed by atoms with Crippen LogP contribution in [0.1, 0.15) is 226 Å². The minimum absolute atomic E-state index is 0.126. The molecule has 0 saturated carbocycles. The van der Waals surface area contributed by atoms with Crippen molar-refractivity contribution >= 4 is 17.9 Å². The van der Waals surface area contributed by atoms with Crippen molar-refractivity contribution < 1.29 is 28.6 Å². The van der Waals surface area contributed by atoms with Gasteiger partial charge in [0.15, 0.2) is 6.10 Å². The normalized spacial score (nSPS) is 13.4. The number of rotatable bonds is 51. The van der Waals surface area contributed by atoms with E-state index in [1.54, 1.807) is 0 Å². The molecule has 1 atom stereocenters. The lowest BCUT2D eigenvalue weighted by Gasteiger charge is -2.18. The molecule has 0 fully saturated rings. The second kappa shape index (κ2) is 61.3. The SMILES string of the molecule is CC/C=C\C/C=C\C/C=C\C/C=C\C/C=C\C/C=C\C/C=C\C/C=C\C/C=C\C/C=C\CCCCC(=O)OCC(COC(=O)CCCCCCCCCCCCC)OC(=O)CC/C=C\C/C=C\C/C=C\C/C=C\CC. The summed E-state index contributed by atoms with van der Waals surface area (Å²) in [6.45, 7) is 6.28. The maximum atomic E-state index is 12.8. The van der Waals surface area contributed by atoms with E-state index in [1.807, 2.05) is 12.2 Å². The molecule has 0 aromatic rings. The van der Waals surface area contributed by atoms with Crippen LogP contribution in [0.25, 0.3) is 0 Å². The van der Waals surface area contributed by atoms with Crippen LogP contribution in [-0.4, -0.2) is 37.2 Å². The third kappa shape index (κ3) is 59.5. The Balaban J connectivity index is 4.38. The predicted octanol–water partition coefficient (Wildman–Crippen LogP) is 20.3. The molecule has 0 bridgehead atoms. The number of carbonyl (C=O) groups is 3. The lowest BCUT2D eigenvalue weighted by atomic mass is 10.1. The van der Waals surface area contributed by atoms with E-state index in [-0.39, 0.29) is 38.0 Å². The average molecular weight is 1030 g/mol.